The van der Waals surface area contributed by atoms with Crippen molar-refractivity contribution < 1.29 is 27.4 Å². The second-order valence-electron chi connectivity index (χ2n) is 10.6. The summed E-state index contributed by atoms with van der Waals surface area (Å²) >= 11 is 0. The summed E-state index contributed by atoms with van der Waals surface area (Å²) in [6.07, 6.45) is -0.565. The highest BCUT2D eigenvalue weighted by Crippen LogP contribution is 2.21. The Morgan fingerprint density at radius 2 is 1.74 bits per heavy atom. The van der Waals surface area contributed by atoms with Crippen molar-refractivity contribution in [2.45, 2.75) is 76.7 Å². The molecule has 0 unspecified atom stereocenters. The monoisotopic (exact) mass is 546 g/mol. The van der Waals surface area contributed by atoms with E-state index in [1.807, 2.05) is 65.0 Å². The minimum atomic E-state index is -3.80. The molecule has 0 saturated carbocycles. The Hall–Kier alpha value is -2.46. The van der Waals surface area contributed by atoms with Gasteiger partial charge in [-0.1, -0.05) is 61.9 Å². The molecule has 3 rings (SSSR count). The molecule has 0 spiro atoms. The molecular weight excluding hydrogens is 504 g/mol. The first kappa shape index (κ1) is 30.1. The third kappa shape index (κ3) is 9.08. The van der Waals surface area contributed by atoms with Gasteiger partial charge in [-0.2, -0.15) is 4.31 Å². The lowest BCUT2D eigenvalue weighted by molar-refractivity contribution is -0.0241. The van der Waals surface area contributed by atoms with Crippen LogP contribution in [-0.2, 0) is 30.7 Å². The molecule has 1 aliphatic heterocycles. The number of amides is 1. The van der Waals surface area contributed by atoms with E-state index in [0.717, 1.165) is 11.1 Å². The number of rotatable bonds is 13. The van der Waals surface area contributed by atoms with Crippen LogP contribution in [0.1, 0.15) is 45.2 Å². The number of benzene rings is 2. The van der Waals surface area contributed by atoms with E-state index in [1.54, 1.807) is 24.3 Å². The summed E-state index contributed by atoms with van der Waals surface area (Å²) in [6, 6.07) is 16.1. The fraction of sp³-hybridized carbons (Fsp3) is 0.552. The molecular formula is C29H42N2O6S. The molecule has 1 fully saturated rings. The zero-order chi connectivity index (χ0) is 27.7. The first-order valence-electron chi connectivity index (χ1n) is 13.4. The fourth-order valence-corrected chi connectivity index (χ4v) is 6.05. The molecule has 0 radical (unpaired) electrons. The first-order chi connectivity index (χ1) is 18.0. The predicted octanol–water partition coefficient (Wildman–Crippen LogP) is 4.56. The first-order valence-corrected chi connectivity index (χ1v) is 14.8. The highest BCUT2D eigenvalue weighted by molar-refractivity contribution is 7.89. The molecule has 1 saturated heterocycles. The maximum absolute atomic E-state index is 13.8. The van der Waals surface area contributed by atoms with Gasteiger partial charge in [0, 0.05) is 19.5 Å². The van der Waals surface area contributed by atoms with Gasteiger partial charge < -0.3 is 19.5 Å². The van der Waals surface area contributed by atoms with Gasteiger partial charge in [-0.15, -0.1) is 0 Å². The number of aryl methyl sites for hydroxylation is 1. The molecule has 0 aromatic heterocycles. The average Bonchev–Trinajstić information content (AvgIpc) is 3.36. The van der Waals surface area contributed by atoms with Crippen molar-refractivity contribution in [1.82, 2.24) is 9.62 Å². The van der Waals surface area contributed by atoms with Crippen molar-refractivity contribution in [2.75, 3.05) is 26.3 Å². The summed E-state index contributed by atoms with van der Waals surface area (Å²) in [7, 11) is -3.80. The second kappa shape index (κ2) is 14.1. The molecule has 3 atom stereocenters. The molecule has 2 aromatic carbocycles. The number of nitrogens with zero attached hydrogens (tertiary/aromatic N) is 1. The molecule has 0 bridgehead atoms. The number of alkyl carbamates (subject to hydrolysis) is 1. The van der Waals surface area contributed by atoms with Crippen LogP contribution in [0.2, 0.25) is 0 Å². The zero-order valence-corrected chi connectivity index (χ0v) is 23.9. The Bertz CT molecular complexity index is 1100. The van der Waals surface area contributed by atoms with E-state index >= 15 is 0 Å². The molecule has 1 heterocycles. The van der Waals surface area contributed by atoms with Crippen LogP contribution in [0.4, 0.5) is 4.79 Å². The summed E-state index contributed by atoms with van der Waals surface area (Å²) in [6.45, 7) is 11.0. The predicted molar refractivity (Wildman–Crippen MR) is 148 cm³/mol. The minimum absolute atomic E-state index is 0.0802. The van der Waals surface area contributed by atoms with Crippen LogP contribution in [0.3, 0.4) is 0 Å². The van der Waals surface area contributed by atoms with Crippen LogP contribution in [0, 0.1) is 12.8 Å². The summed E-state index contributed by atoms with van der Waals surface area (Å²) in [4.78, 5) is 13.2. The number of carbonyl (C=O) groups excluding carboxylic acids is 1. The smallest absolute Gasteiger partial charge is 0.407 e. The van der Waals surface area contributed by atoms with Crippen molar-refractivity contribution in [3.05, 3.63) is 65.7 Å². The number of sulfonamides is 1. The van der Waals surface area contributed by atoms with Crippen LogP contribution >= 0.6 is 0 Å². The van der Waals surface area contributed by atoms with E-state index in [4.69, 9.17) is 14.2 Å². The van der Waals surface area contributed by atoms with Crippen LogP contribution in [-0.4, -0.2) is 69.5 Å². The Labute approximate surface area is 227 Å². The molecule has 210 valence electrons. The van der Waals surface area contributed by atoms with Crippen molar-refractivity contribution in [3.8, 4) is 0 Å². The van der Waals surface area contributed by atoms with Crippen molar-refractivity contribution in [3.63, 3.8) is 0 Å². The zero-order valence-electron chi connectivity index (χ0n) is 23.1. The molecule has 2 aromatic rings. The highest BCUT2D eigenvalue weighted by Gasteiger charge is 2.34. The average molecular weight is 547 g/mol. The summed E-state index contributed by atoms with van der Waals surface area (Å²) in [5.41, 5.74) is 1.98. The number of hydrogen-bond acceptors (Lipinski definition) is 6. The maximum Gasteiger partial charge on any atom is 0.407 e. The molecule has 1 amide bonds. The van der Waals surface area contributed by atoms with Crippen molar-refractivity contribution >= 4 is 16.1 Å². The van der Waals surface area contributed by atoms with E-state index < -0.39 is 28.3 Å². The van der Waals surface area contributed by atoms with Crippen LogP contribution in [0.5, 0.6) is 0 Å². The van der Waals surface area contributed by atoms with Crippen molar-refractivity contribution in [1.29, 1.82) is 0 Å². The Morgan fingerprint density at radius 1 is 1.05 bits per heavy atom. The molecule has 8 nitrogen and oxygen atoms in total. The number of carbonyl (C=O) groups is 1. The lowest BCUT2D eigenvalue weighted by Gasteiger charge is -2.34. The second-order valence-corrected chi connectivity index (χ2v) is 12.5. The Kier molecular flexibility index (Phi) is 11.1. The lowest BCUT2D eigenvalue weighted by Crippen LogP contribution is -2.53. The molecule has 9 heteroatoms. The highest BCUT2D eigenvalue weighted by atomic mass is 32.2. The van der Waals surface area contributed by atoms with Gasteiger partial charge in [0.2, 0.25) is 10.0 Å². The Balaban J connectivity index is 1.91. The van der Waals surface area contributed by atoms with Gasteiger partial charge in [-0.3, -0.25) is 0 Å². The molecule has 0 aliphatic carbocycles. The Morgan fingerprint density at radius 3 is 2.32 bits per heavy atom. The molecule has 1 N–H and O–H groups in total. The SMILES string of the molecule is Cc1ccc(S(=O)(=O)N(CC(C)C)C[C@@H](OC(C)C)[C@H](Cc2ccccc2)NC(=O)O[C@H]2CCOC2)cc1. The largest absolute Gasteiger partial charge is 0.444 e. The minimum Gasteiger partial charge on any atom is -0.444 e. The van der Waals surface area contributed by atoms with E-state index in [-0.39, 0.29) is 29.6 Å². The summed E-state index contributed by atoms with van der Waals surface area (Å²) in [5, 5.41) is 2.99. The van der Waals surface area contributed by atoms with Gasteiger partial charge in [0.1, 0.15) is 6.10 Å². The van der Waals surface area contributed by atoms with Crippen molar-refractivity contribution in [2.24, 2.45) is 5.92 Å². The number of nitrogens with one attached hydrogen (secondary N) is 1. The van der Waals surface area contributed by atoms with Gasteiger partial charge in [-0.05, 0) is 50.8 Å². The van der Waals surface area contributed by atoms with Gasteiger partial charge in [-0.25, -0.2) is 13.2 Å². The van der Waals surface area contributed by atoms with Crippen LogP contribution in [0.25, 0.3) is 0 Å². The van der Waals surface area contributed by atoms with Crippen LogP contribution < -0.4 is 5.32 Å². The summed E-state index contributed by atoms with van der Waals surface area (Å²) < 4.78 is 46.3. The topological polar surface area (TPSA) is 94.2 Å². The van der Waals surface area contributed by atoms with Gasteiger partial charge >= 0.3 is 6.09 Å². The lowest BCUT2D eigenvalue weighted by atomic mass is 10.0. The van der Waals surface area contributed by atoms with Gasteiger partial charge in [0.15, 0.2) is 0 Å². The quantitative estimate of drug-likeness (QED) is 0.396. The normalized spacial score (nSPS) is 17.6. The summed E-state index contributed by atoms with van der Waals surface area (Å²) in [5.74, 6) is 0.0859. The maximum atomic E-state index is 13.8. The van der Waals surface area contributed by atoms with E-state index in [1.165, 1.54) is 4.31 Å². The molecule has 1 aliphatic rings. The van der Waals surface area contributed by atoms with E-state index in [2.05, 4.69) is 5.32 Å². The third-order valence-corrected chi connectivity index (χ3v) is 8.12. The van der Waals surface area contributed by atoms with E-state index in [0.29, 0.717) is 32.6 Å². The standard InChI is InChI=1S/C29H42N2O6S/c1-21(2)18-31(38(33,34)26-13-11-23(5)12-14-26)19-28(36-22(3)4)27(17-24-9-7-6-8-10-24)30-29(32)37-25-15-16-35-20-25/h6-14,21-22,25,27-28H,15-20H2,1-5H3,(H,30,32)/t25-,27-,28+/m0/s1. The van der Waals surface area contributed by atoms with Crippen LogP contribution in [0.15, 0.2) is 59.5 Å². The molecule has 38 heavy (non-hydrogen) atoms. The van der Waals surface area contributed by atoms with E-state index in [9.17, 15) is 13.2 Å². The van der Waals surface area contributed by atoms with Gasteiger partial charge in [0.05, 0.1) is 36.4 Å². The van der Waals surface area contributed by atoms with Gasteiger partial charge in [0.25, 0.3) is 0 Å². The fourth-order valence-electron chi connectivity index (χ4n) is 4.44. The third-order valence-electron chi connectivity index (χ3n) is 6.27. The number of hydrogen-bond donors (Lipinski definition) is 1. The number of ether oxygens (including phenoxy) is 3.